The van der Waals surface area contributed by atoms with Crippen LogP contribution in [0.4, 0.5) is 5.69 Å². The first-order valence-electron chi connectivity index (χ1n) is 6.04. The second-order valence-electron chi connectivity index (χ2n) is 4.28. The minimum Gasteiger partial charge on any atom is -0.370 e. The molecule has 0 aromatic heterocycles. The zero-order valence-electron chi connectivity index (χ0n) is 11.5. The van der Waals surface area contributed by atoms with E-state index in [2.05, 4.69) is 5.32 Å². The van der Waals surface area contributed by atoms with Gasteiger partial charge in [0, 0.05) is 25.7 Å². The van der Waals surface area contributed by atoms with Gasteiger partial charge in [-0.15, -0.1) is 0 Å². The van der Waals surface area contributed by atoms with Gasteiger partial charge in [0.1, 0.15) is 6.61 Å². The summed E-state index contributed by atoms with van der Waals surface area (Å²) in [5.74, 6) is -0.589. The molecule has 0 aliphatic rings. The van der Waals surface area contributed by atoms with E-state index in [-0.39, 0.29) is 18.4 Å². The molecule has 0 bridgehead atoms. The fraction of sp³-hybridized carbons (Fsp3) is 0.385. The van der Waals surface area contributed by atoms with Gasteiger partial charge < -0.3 is 20.7 Å². The van der Waals surface area contributed by atoms with Crippen molar-refractivity contribution in [1.29, 1.82) is 0 Å². The first-order chi connectivity index (χ1) is 9.45. The van der Waals surface area contributed by atoms with Gasteiger partial charge in [-0.05, 0) is 18.2 Å². The van der Waals surface area contributed by atoms with Gasteiger partial charge in [-0.25, -0.2) is 0 Å². The van der Waals surface area contributed by atoms with E-state index in [1.54, 1.807) is 26.2 Å². The van der Waals surface area contributed by atoms with Crippen molar-refractivity contribution in [2.24, 2.45) is 5.73 Å². The number of hydrogen-bond donors (Lipinski definition) is 2. The molecule has 0 atom stereocenters. The van der Waals surface area contributed by atoms with Crippen LogP contribution in [0.15, 0.2) is 18.2 Å². The topological polar surface area (TPSA) is 84.7 Å². The lowest BCUT2D eigenvalue weighted by Gasteiger charge is -2.15. The summed E-state index contributed by atoms with van der Waals surface area (Å²) in [5.41, 5.74) is 5.99. The molecule has 7 heteroatoms. The summed E-state index contributed by atoms with van der Waals surface area (Å²) in [5, 5.41) is 3.04. The van der Waals surface area contributed by atoms with E-state index in [0.717, 1.165) is 0 Å². The molecule has 0 aliphatic carbocycles. The third-order valence-electron chi connectivity index (χ3n) is 2.39. The Kier molecular flexibility index (Phi) is 6.44. The summed E-state index contributed by atoms with van der Waals surface area (Å²) >= 11 is 5.89. The highest BCUT2D eigenvalue weighted by Gasteiger charge is 2.15. The molecule has 0 fully saturated rings. The van der Waals surface area contributed by atoms with Crippen molar-refractivity contribution in [1.82, 2.24) is 4.90 Å². The number of nitrogens with two attached hydrogens (primary N) is 1. The van der Waals surface area contributed by atoms with Crippen molar-refractivity contribution in [3.63, 3.8) is 0 Å². The Morgan fingerprint density at radius 2 is 2.10 bits per heavy atom. The highest BCUT2D eigenvalue weighted by atomic mass is 35.5. The smallest absolute Gasteiger partial charge is 0.255 e. The van der Waals surface area contributed by atoms with Gasteiger partial charge in [0.25, 0.3) is 5.91 Å². The SMILES string of the molecule is CN(C)C(=O)c1ccc(Cl)cc1NC(=O)COCCN. The highest BCUT2D eigenvalue weighted by molar-refractivity contribution is 6.31. The van der Waals surface area contributed by atoms with Gasteiger partial charge in [0.05, 0.1) is 17.9 Å². The Balaban J connectivity index is 2.84. The second kappa shape index (κ2) is 7.84. The molecule has 0 radical (unpaired) electrons. The molecule has 3 N–H and O–H groups in total. The van der Waals surface area contributed by atoms with Crippen molar-refractivity contribution in [2.75, 3.05) is 39.2 Å². The maximum absolute atomic E-state index is 12.0. The van der Waals surface area contributed by atoms with Crippen molar-refractivity contribution >= 4 is 29.1 Å². The lowest BCUT2D eigenvalue weighted by molar-refractivity contribution is -0.120. The minimum atomic E-state index is -0.367. The Bertz CT molecular complexity index is 492. The third kappa shape index (κ3) is 4.80. The molecule has 6 nitrogen and oxygen atoms in total. The van der Waals surface area contributed by atoms with E-state index >= 15 is 0 Å². The monoisotopic (exact) mass is 299 g/mol. The number of nitrogens with zero attached hydrogens (tertiary/aromatic N) is 1. The van der Waals surface area contributed by atoms with Crippen LogP contribution in [0.1, 0.15) is 10.4 Å². The molecule has 0 saturated heterocycles. The molecule has 0 heterocycles. The summed E-state index contributed by atoms with van der Waals surface area (Å²) < 4.78 is 5.03. The maximum Gasteiger partial charge on any atom is 0.255 e. The van der Waals surface area contributed by atoms with Crippen LogP contribution in [0.2, 0.25) is 5.02 Å². The molecule has 1 aromatic rings. The van der Waals surface area contributed by atoms with Crippen LogP contribution in [0, 0.1) is 0 Å². The van der Waals surface area contributed by atoms with Crippen LogP contribution in [-0.2, 0) is 9.53 Å². The van der Waals surface area contributed by atoms with Crippen LogP contribution < -0.4 is 11.1 Å². The van der Waals surface area contributed by atoms with Gasteiger partial charge >= 0.3 is 0 Å². The summed E-state index contributed by atoms with van der Waals surface area (Å²) in [6.07, 6.45) is 0. The van der Waals surface area contributed by atoms with E-state index < -0.39 is 0 Å². The molecule has 1 aromatic carbocycles. The largest absolute Gasteiger partial charge is 0.370 e. The normalized spacial score (nSPS) is 10.2. The molecule has 0 spiro atoms. The van der Waals surface area contributed by atoms with Gasteiger partial charge in [0.15, 0.2) is 0 Å². The maximum atomic E-state index is 12.0. The molecule has 0 unspecified atom stereocenters. The van der Waals surface area contributed by atoms with E-state index in [1.807, 2.05) is 0 Å². The van der Waals surface area contributed by atoms with Crippen molar-refractivity contribution < 1.29 is 14.3 Å². The molecule has 0 aliphatic heterocycles. The number of nitrogens with one attached hydrogen (secondary N) is 1. The van der Waals surface area contributed by atoms with Crippen LogP contribution in [0.5, 0.6) is 0 Å². The Morgan fingerprint density at radius 3 is 2.70 bits per heavy atom. The van der Waals surface area contributed by atoms with Gasteiger partial charge in [-0.1, -0.05) is 11.6 Å². The fourth-order valence-electron chi connectivity index (χ4n) is 1.48. The first kappa shape index (κ1) is 16.4. The minimum absolute atomic E-state index is 0.126. The van der Waals surface area contributed by atoms with Gasteiger partial charge in [-0.3, -0.25) is 9.59 Å². The number of carbonyl (C=O) groups is 2. The predicted octanol–water partition coefficient (Wildman–Crippen LogP) is 0.956. The van der Waals surface area contributed by atoms with Crippen molar-refractivity contribution in [3.8, 4) is 0 Å². The molecular weight excluding hydrogens is 282 g/mol. The number of halogens is 1. The van der Waals surface area contributed by atoms with Crippen LogP contribution in [0.3, 0.4) is 0 Å². The highest BCUT2D eigenvalue weighted by Crippen LogP contribution is 2.22. The number of hydrogen-bond acceptors (Lipinski definition) is 4. The number of carbonyl (C=O) groups excluding carboxylic acids is 2. The van der Waals surface area contributed by atoms with Crippen LogP contribution in [0.25, 0.3) is 0 Å². The zero-order valence-corrected chi connectivity index (χ0v) is 12.2. The summed E-state index contributed by atoms with van der Waals surface area (Å²) in [7, 11) is 3.26. The number of rotatable bonds is 6. The van der Waals surface area contributed by atoms with Gasteiger partial charge in [-0.2, -0.15) is 0 Å². The third-order valence-corrected chi connectivity index (χ3v) is 2.62. The Labute approximate surface area is 122 Å². The van der Waals surface area contributed by atoms with Crippen LogP contribution in [-0.4, -0.2) is 50.6 Å². The molecular formula is C13H18ClN3O3. The fourth-order valence-corrected chi connectivity index (χ4v) is 1.65. The first-order valence-corrected chi connectivity index (χ1v) is 6.42. The molecule has 2 amide bonds. The lowest BCUT2D eigenvalue weighted by Crippen LogP contribution is -2.25. The average molecular weight is 300 g/mol. The van der Waals surface area contributed by atoms with E-state index in [9.17, 15) is 9.59 Å². The molecule has 0 saturated carbocycles. The Hall–Kier alpha value is -1.63. The quantitative estimate of drug-likeness (QED) is 0.766. The lowest BCUT2D eigenvalue weighted by atomic mass is 10.1. The predicted molar refractivity (Wildman–Crippen MR) is 78.0 cm³/mol. The van der Waals surface area contributed by atoms with E-state index in [4.69, 9.17) is 22.1 Å². The molecule has 110 valence electrons. The Morgan fingerprint density at radius 1 is 1.40 bits per heavy atom. The van der Waals surface area contributed by atoms with E-state index in [1.165, 1.54) is 11.0 Å². The second-order valence-corrected chi connectivity index (χ2v) is 4.72. The van der Waals surface area contributed by atoms with E-state index in [0.29, 0.717) is 29.4 Å². The molecule has 1 rings (SSSR count). The summed E-state index contributed by atoms with van der Waals surface area (Å²) in [4.78, 5) is 25.1. The standard InChI is InChI=1S/C13H18ClN3O3/c1-17(2)13(19)10-4-3-9(14)7-11(10)16-12(18)8-20-6-5-15/h3-4,7H,5-6,8,15H2,1-2H3,(H,16,18). The van der Waals surface area contributed by atoms with Crippen molar-refractivity contribution in [3.05, 3.63) is 28.8 Å². The van der Waals surface area contributed by atoms with Crippen molar-refractivity contribution in [2.45, 2.75) is 0 Å². The summed E-state index contributed by atoms with van der Waals surface area (Å²) in [6.45, 7) is 0.514. The number of benzene rings is 1. The van der Waals surface area contributed by atoms with Crippen LogP contribution >= 0.6 is 11.6 Å². The number of amides is 2. The average Bonchev–Trinajstić information content (AvgIpc) is 2.38. The zero-order chi connectivity index (χ0) is 15.1. The summed E-state index contributed by atoms with van der Waals surface area (Å²) in [6, 6.07) is 4.69. The van der Waals surface area contributed by atoms with Gasteiger partial charge in [0.2, 0.25) is 5.91 Å². The number of anilines is 1. The number of ether oxygens (including phenoxy) is 1. The molecule has 20 heavy (non-hydrogen) atoms.